The average molecular weight is 502 g/mol. The summed E-state index contributed by atoms with van der Waals surface area (Å²) in [6.45, 7) is 9.36. The van der Waals surface area contributed by atoms with Gasteiger partial charge in [0.1, 0.15) is 11.3 Å². The minimum atomic E-state index is -0.716. The fraction of sp³-hybridized carbons (Fsp3) is 0.409. The molecule has 186 valence electrons. The van der Waals surface area contributed by atoms with Crippen molar-refractivity contribution >= 4 is 39.7 Å². The molecule has 12 nitrogen and oxygen atoms in total. The van der Waals surface area contributed by atoms with Crippen LogP contribution in [-0.4, -0.2) is 49.6 Å². The maximum absolute atomic E-state index is 12.9. The molecule has 0 unspecified atom stereocenters. The van der Waals surface area contributed by atoms with Gasteiger partial charge < -0.3 is 20.2 Å². The van der Waals surface area contributed by atoms with Crippen molar-refractivity contribution in [3.63, 3.8) is 0 Å². The van der Waals surface area contributed by atoms with E-state index in [2.05, 4.69) is 25.3 Å². The first kappa shape index (κ1) is 25.7. The van der Waals surface area contributed by atoms with Crippen LogP contribution < -0.4 is 15.9 Å². The topological polar surface area (TPSA) is 168 Å². The molecule has 35 heavy (non-hydrogen) atoms. The molecule has 0 spiro atoms. The third-order valence-corrected chi connectivity index (χ3v) is 5.36. The Hall–Kier alpha value is -3.87. The summed E-state index contributed by atoms with van der Waals surface area (Å²) in [7, 11) is 0. The Bertz CT molecular complexity index is 1360. The van der Waals surface area contributed by atoms with E-state index in [0.717, 1.165) is 11.3 Å². The van der Waals surface area contributed by atoms with Gasteiger partial charge in [-0.25, -0.2) is 19.7 Å². The molecule has 3 rings (SSSR count). The lowest BCUT2D eigenvalue weighted by Crippen LogP contribution is -2.32. The normalized spacial score (nSPS) is 12.4. The number of ether oxygens (including phenoxy) is 1. The van der Waals surface area contributed by atoms with Gasteiger partial charge in [0, 0.05) is 20.0 Å². The van der Waals surface area contributed by atoms with E-state index < -0.39 is 23.5 Å². The van der Waals surface area contributed by atoms with Crippen LogP contribution in [0.5, 0.6) is 0 Å². The van der Waals surface area contributed by atoms with Crippen LogP contribution in [0.4, 0.5) is 4.79 Å². The van der Waals surface area contributed by atoms with Gasteiger partial charge in [-0.05, 0) is 27.2 Å². The smallest absolute Gasteiger partial charge is 0.407 e. The van der Waals surface area contributed by atoms with Gasteiger partial charge in [0.15, 0.2) is 21.2 Å². The Morgan fingerprint density at radius 1 is 1.29 bits per heavy atom. The number of aryl methyl sites for hydroxylation is 2. The summed E-state index contributed by atoms with van der Waals surface area (Å²) in [5, 5.41) is 2.63. The number of amides is 3. The third-order valence-electron chi connectivity index (χ3n) is 4.40. The summed E-state index contributed by atoms with van der Waals surface area (Å²) in [5.74, 6) is -0.857. The molecule has 3 amide bonds. The first-order valence-electron chi connectivity index (χ1n) is 10.8. The van der Waals surface area contributed by atoms with E-state index in [9.17, 15) is 14.4 Å². The van der Waals surface area contributed by atoms with Crippen molar-refractivity contribution in [3.8, 4) is 0 Å². The Morgan fingerprint density at radius 3 is 2.69 bits per heavy atom. The molecule has 3 aromatic rings. The second kappa shape index (κ2) is 10.6. The largest absolute Gasteiger partial charge is 0.444 e. The molecular weight excluding hydrogens is 474 g/mol. The third kappa shape index (κ3) is 6.59. The number of thiazole rings is 1. The fourth-order valence-electron chi connectivity index (χ4n) is 2.95. The zero-order valence-electron chi connectivity index (χ0n) is 20.1. The summed E-state index contributed by atoms with van der Waals surface area (Å²) in [4.78, 5) is 53.8. The van der Waals surface area contributed by atoms with E-state index in [4.69, 9.17) is 14.9 Å². The predicted molar refractivity (Wildman–Crippen MR) is 128 cm³/mol. The highest BCUT2D eigenvalue weighted by molar-refractivity contribution is 7.15. The number of fused-ring (bicyclic) bond motifs is 1. The maximum Gasteiger partial charge on any atom is 0.407 e. The van der Waals surface area contributed by atoms with Gasteiger partial charge >= 0.3 is 12.0 Å². The molecule has 0 bridgehead atoms. The number of rotatable bonds is 7. The zero-order valence-corrected chi connectivity index (χ0v) is 20.9. The van der Waals surface area contributed by atoms with Crippen LogP contribution in [0.3, 0.4) is 0 Å². The number of aromatic nitrogens is 4. The van der Waals surface area contributed by atoms with E-state index in [-0.39, 0.29) is 24.5 Å². The second-order valence-electron chi connectivity index (χ2n) is 8.38. The minimum absolute atomic E-state index is 0.00000736. The van der Waals surface area contributed by atoms with Crippen LogP contribution in [0.25, 0.3) is 10.5 Å². The summed E-state index contributed by atoms with van der Waals surface area (Å²) >= 11 is 1.08. The van der Waals surface area contributed by atoms with Gasteiger partial charge in [0.2, 0.25) is 5.76 Å². The van der Waals surface area contributed by atoms with E-state index in [1.165, 1.54) is 6.20 Å². The van der Waals surface area contributed by atoms with Crippen LogP contribution in [0.15, 0.2) is 27.8 Å². The summed E-state index contributed by atoms with van der Waals surface area (Å²) < 4.78 is 12.3. The summed E-state index contributed by atoms with van der Waals surface area (Å²) in [5.41, 5.74) is 5.66. The number of alkyl carbamates (subject to hydrolysis) is 1. The van der Waals surface area contributed by atoms with Crippen LogP contribution in [0.2, 0.25) is 0 Å². The lowest BCUT2D eigenvalue weighted by molar-refractivity contribution is 0.0533. The van der Waals surface area contributed by atoms with Crippen LogP contribution in [-0.2, 0) is 17.7 Å². The van der Waals surface area contributed by atoms with Gasteiger partial charge in [0.05, 0.1) is 11.9 Å². The monoisotopic (exact) mass is 501 g/mol. The van der Waals surface area contributed by atoms with Gasteiger partial charge in [-0.1, -0.05) is 30.4 Å². The lowest BCUT2D eigenvalue weighted by atomic mass is 10.2. The molecular formula is C22H27N7O5S. The highest BCUT2D eigenvalue weighted by atomic mass is 32.1. The number of carbonyl (C=O) groups excluding carboxylic acids is 3. The number of allylic oxidation sites excluding steroid dienone is 1. The van der Waals surface area contributed by atoms with E-state index >= 15 is 0 Å². The number of nitrogens with zero attached hydrogens (tertiary/aromatic N) is 5. The molecule has 0 radical (unpaired) electrons. The first-order chi connectivity index (χ1) is 16.5. The molecule has 0 saturated heterocycles. The van der Waals surface area contributed by atoms with Crippen LogP contribution in [0.1, 0.15) is 60.3 Å². The van der Waals surface area contributed by atoms with Crippen molar-refractivity contribution < 1.29 is 23.5 Å². The van der Waals surface area contributed by atoms with Crippen molar-refractivity contribution in [3.05, 3.63) is 46.2 Å². The number of nitrogens with two attached hydrogens (primary N) is 1. The molecule has 0 aliphatic heterocycles. The molecule has 13 heteroatoms. The van der Waals surface area contributed by atoms with Crippen LogP contribution >= 0.6 is 11.3 Å². The lowest BCUT2D eigenvalue weighted by Gasteiger charge is -2.19. The Kier molecular flexibility index (Phi) is 7.79. The summed E-state index contributed by atoms with van der Waals surface area (Å²) in [6.07, 6.45) is 4.75. The van der Waals surface area contributed by atoms with Crippen molar-refractivity contribution in [2.24, 2.45) is 10.7 Å². The second-order valence-corrected chi connectivity index (χ2v) is 9.33. The molecule has 0 atom stereocenters. The van der Waals surface area contributed by atoms with Gasteiger partial charge in [-0.2, -0.15) is 4.99 Å². The van der Waals surface area contributed by atoms with Gasteiger partial charge in [-0.3, -0.25) is 14.2 Å². The minimum Gasteiger partial charge on any atom is -0.444 e. The predicted octanol–water partition coefficient (Wildman–Crippen LogP) is 2.27. The van der Waals surface area contributed by atoms with E-state index in [1.54, 1.807) is 44.4 Å². The number of carbonyl (C=O) groups is 3. The molecule has 0 aliphatic rings. The SMILES string of the molecule is CCc1nc(C)oc1C(=O)N=c1sc2nc(C(N)=O)cnc2n1C/C=C/CNC(=O)OC(C)(C)C. The number of hydrogen-bond donors (Lipinski definition) is 2. The standard InChI is InChI=1S/C22H27N7O5S/c1-6-13-15(33-12(2)26-13)18(31)28-20-29(10-8-7-9-24-21(32)34-22(3,4)5)17-19(35-20)27-14(11-25-17)16(23)30/h7-8,11H,6,9-10H2,1-5H3,(H2,23,30)(H,24,32)/b8-7+,28-20?. The number of oxazole rings is 1. The highest BCUT2D eigenvalue weighted by Crippen LogP contribution is 2.15. The van der Waals surface area contributed by atoms with E-state index in [1.807, 2.05) is 6.92 Å². The Labute approximate surface area is 204 Å². The molecule has 3 heterocycles. The van der Waals surface area contributed by atoms with Crippen molar-refractivity contribution in [2.75, 3.05) is 6.54 Å². The average Bonchev–Trinajstić information content (AvgIpc) is 3.31. The van der Waals surface area contributed by atoms with Crippen molar-refractivity contribution in [2.45, 2.75) is 53.2 Å². The number of nitrogens with one attached hydrogen (secondary N) is 1. The Morgan fingerprint density at radius 2 is 2.03 bits per heavy atom. The molecule has 3 N–H and O–H groups in total. The van der Waals surface area contributed by atoms with Gasteiger partial charge in [-0.15, -0.1) is 0 Å². The highest BCUT2D eigenvalue weighted by Gasteiger charge is 2.19. The molecule has 3 aromatic heterocycles. The Balaban J connectivity index is 1.91. The maximum atomic E-state index is 12.9. The fourth-order valence-corrected chi connectivity index (χ4v) is 3.92. The molecule has 0 saturated carbocycles. The number of primary amides is 1. The summed E-state index contributed by atoms with van der Waals surface area (Å²) in [6, 6.07) is 0. The van der Waals surface area contributed by atoms with Crippen molar-refractivity contribution in [1.29, 1.82) is 0 Å². The van der Waals surface area contributed by atoms with Crippen LogP contribution in [0, 0.1) is 6.92 Å². The quantitative estimate of drug-likeness (QED) is 0.465. The van der Waals surface area contributed by atoms with Crippen molar-refractivity contribution in [1.82, 2.24) is 24.8 Å². The zero-order chi connectivity index (χ0) is 25.8. The number of hydrogen-bond acceptors (Lipinski definition) is 9. The molecule has 0 aliphatic carbocycles. The first-order valence-corrected chi connectivity index (χ1v) is 11.6. The van der Waals surface area contributed by atoms with Gasteiger partial charge in [0.25, 0.3) is 5.91 Å². The van der Waals surface area contributed by atoms with E-state index in [0.29, 0.717) is 33.3 Å². The molecule has 0 fully saturated rings. The molecule has 0 aromatic carbocycles.